The van der Waals surface area contributed by atoms with Crippen LogP contribution < -0.4 is 5.32 Å². The van der Waals surface area contributed by atoms with Gasteiger partial charge in [0.15, 0.2) is 0 Å². The van der Waals surface area contributed by atoms with Gasteiger partial charge in [0.1, 0.15) is 5.75 Å². The third-order valence-electron chi connectivity index (χ3n) is 4.41. The number of nitrogens with zero attached hydrogens (tertiary/aromatic N) is 1. The molecule has 0 spiro atoms. The molecule has 0 aromatic heterocycles. The van der Waals surface area contributed by atoms with E-state index in [0.29, 0.717) is 11.8 Å². The second-order valence-electron chi connectivity index (χ2n) is 5.94. The van der Waals surface area contributed by atoms with Crippen molar-refractivity contribution in [3.05, 3.63) is 29.8 Å². The number of phenolic OH excluding ortho intramolecular Hbond substituents is 1. The lowest BCUT2D eigenvalue weighted by Crippen LogP contribution is -2.41. The van der Waals surface area contributed by atoms with Crippen molar-refractivity contribution in [2.24, 2.45) is 0 Å². The van der Waals surface area contributed by atoms with E-state index in [-0.39, 0.29) is 0 Å². The number of rotatable bonds is 7. The predicted octanol–water partition coefficient (Wildman–Crippen LogP) is 2.79. The normalized spacial score (nSPS) is 21.2. The highest BCUT2D eigenvalue weighted by Crippen LogP contribution is 2.16. The lowest BCUT2D eigenvalue weighted by atomic mass is 10.1. The van der Waals surface area contributed by atoms with Gasteiger partial charge in [0.2, 0.25) is 0 Å². The minimum absolute atomic E-state index is 0.348. The first-order chi connectivity index (χ1) is 9.69. The molecule has 1 saturated heterocycles. The maximum atomic E-state index is 9.27. The number of hydrogen-bond donors (Lipinski definition) is 2. The fourth-order valence-electron chi connectivity index (χ4n) is 3.03. The molecule has 1 aromatic carbocycles. The fourth-order valence-corrected chi connectivity index (χ4v) is 3.03. The van der Waals surface area contributed by atoms with E-state index in [2.05, 4.69) is 24.1 Å². The van der Waals surface area contributed by atoms with Crippen molar-refractivity contribution < 1.29 is 5.11 Å². The molecule has 0 radical (unpaired) electrons. The van der Waals surface area contributed by atoms with Crippen LogP contribution in [0.25, 0.3) is 0 Å². The number of aromatic hydroxyl groups is 1. The lowest BCUT2D eigenvalue weighted by molar-refractivity contribution is 0.254. The maximum absolute atomic E-state index is 9.27. The molecule has 1 aliphatic rings. The molecule has 1 aromatic rings. The van der Waals surface area contributed by atoms with Crippen molar-refractivity contribution >= 4 is 0 Å². The van der Waals surface area contributed by atoms with Gasteiger partial charge in [-0.3, -0.25) is 4.90 Å². The average Bonchev–Trinajstić information content (AvgIpc) is 2.92. The molecular formula is C17H28N2O. The largest absolute Gasteiger partial charge is 0.508 e. The van der Waals surface area contributed by atoms with Gasteiger partial charge < -0.3 is 10.4 Å². The quantitative estimate of drug-likeness (QED) is 0.804. The zero-order valence-electron chi connectivity index (χ0n) is 12.8. The SMILES string of the molecule is CCN1CCCC1CNC(C)CCc1ccc(O)cc1. The van der Waals surface area contributed by atoms with Crippen molar-refractivity contribution in [1.82, 2.24) is 10.2 Å². The monoisotopic (exact) mass is 276 g/mol. The van der Waals surface area contributed by atoms with Gasteiger partial charge in [-0.1, -0.05) is 19.1 Å². The van der Waals surface area contributed by atoms with Crippen LogP contribution in [0, 0.1) is 0 Å². The Hall–Kier alpha value is -1.06. The van der Waals surface area contributed by atoms with E-state index in [4.69, 9.17) is 0 Å². The number of phenols is 1. The zero-order chi connectivity index (χ0) is 14.4. The van der Waals surface area contributed by atoms with Crippen molar-refractivity contribution in [3.8, 4) is 5.75 Å². The van der Waals surface area contributed by atoms with E-state index >= 15 is 0 Å². The molecular weight excluding hydrogens is 248 g/mol. The molecule has 112 valence electrons. The van der Waals surface area contributed by atoms with E-state index in [0.717, 1.165) is 25.4 Å². The molecule has 1 heterocycles. The fraction of sp³-hybridized carbons (Fsp3) is 0.647. The number of benzene rings is 1. The Morgan fingerprint density at radius 2 is 2.10 bits per heavy atom. The van der Waals surface area contributed by atoms with E-state index in [1.807, 2.05) is 12.1 Å². The Bertz CT molecular complexity index is 390. The van der Waals surface area contributed by atoms with Crippen LogP contribution in [0.3, 0.4) is 0 Å². The third-order valence-corrected chi connectivity index (χ3v) is 4.41. The Morgan fingerprint density at radius 1 is 1.35 bits per heavy atom. The molecule has 1 aliphatic heterocycles. The topological polar surface area (TPSA) is 35.5 Å². The standard InChI is InChI=1S/C17H28N2O/c1-3-19-12-4-5-16(19)13-18-14(2)6-7-15-8-10-17(20)11-9-15/h8-11,14,16,18,20H,3-7,12-13H2,1-2H3. The molecule has 1 fully saturated rings. The molecule has 2 N–H and O–H groups in total. The Balaban J connectivity index is 1.67. The Morgan fingerprint density at radius 3 is 2.80 bits per heavy atom. The summed E-state index contributed by atoms with van der Waals surface area (Å²) in [7, 11) is 0. The Kier molecular flexibility index (Phi) is 5.86. The number of nitrogens with one attached hydrogen (secondary N) is 1. The first-order valence-electron chi connectivity index (χ1n) is 7.94. The molecule has 3 heteroatoms. The molecule has 0 aliphatic carbocycles. The number of aryl methyl sites for hydroxylation is 1. The van der Waals surface area contributed by atoms with E-state index in [1.54, 1.807) is 12.1 Å². The summed E-state index contributed by atoms with van der Waals surface area (Å²) in [5, 5.41) is 13.0. The van der Waals surface area contributed by atoms with Gasteiger partial charge in [-0.25, -0.2) is 0 Å². The van der Waals surface area contributed by atoms with Crippen LogP contribution in [0.2, 0.25) is 0 Å². The highest BCUT2D eigenvalue weighted by molar-refractivity contribution is 5.25. The van der Waals surface area contributed by atoms with Gasteiger partial charge in [0.05, 0.1) is 0 Å². The van der Waals surface area contributed by atoms with Crippen LogP contribution in [0.1, 0.15) is 38.7 Å². The van der Waals surface area contributed by atoms with E-state index < -0.39 is 0 Å². The summed E-state index contributed by atoms with van der Waals surface area (Å²) in [4.78, 5) is 2.58. The minimum atomic E-state index is 0.348. The molecule has 0 bridgehead atoms. The summed E-state index contributed by atoms with van der Waals surface area (Å²) in [6.07, 6.45) is 4.90. The summed E-state index contributed by atoms with van der Waals surface area (Å²) >= 11 is 0. The van der Waals surface area contributed by atoms with E-state index in [9.17, 15) is 5.11 Å². The van der Waals surface area contributed by atoms with Crippen molar-refractivity contribution in [3.63, 3.8) is 0 Å². The summed E-state index contributed by atoms with van der Waals surface area (Å²) in [5.74, 6) is 0.348. The number of hydrogen-bond acceptors (Lipinski definition) is 3. The van der Waals surface area contributed by atoms with Crippen LogP contribution in [-0.2, 0) is 6.42 Å². The van der Waals surface area contributed by atoms with Gasteiger partial charge in [-0.05, 0) is 63.4 Å². The second-order valence-corrected chi connectivity index (χ2v) is 5.94. The van der Waals surface area contributed by atoms with Gasteiger partial charge >= 0.3 is 0 Å². The summed E-state index contributed by atoms with van der Waals surface area (Å²) in [6, 6.07) is 8.84. The smallest absolute Gasteiger partial charge is 0.115 e. The van der Waals surface area contributed by atoms with Crippen LogP contribution in [0.5, 0.6) is 5.75 Å². The van der Waals surface area contributed by atoms with Gasteiger partial charge in [0, 0.05) is 18.6 Å². The Labute approximate surface area is 123 Å². The van der Waals surface area contributed by atoms with E-state index in [1.165, 1.54) is 31.5 Å². The van der Waals surface area contributed by atoms with Gasteiger partial charge in [0.25, 0.3) is 0 Å². The summed E-state index contributed by atoms with van der Waals surface area (Å²) < 4.78 is 0. The first kappa shape index (κ1) is 15.3. The number of likely N-dealkylation sites (tertiary alicyclic amines) is 1. The zero-order valence-corrected chi connectivity index (χ0v) is 12.8. The van der Waals surface area contributed by atoms with Crippen LogP contribution in [-0.4, -0.2) is 41.7 Å². The number of likely N-dealkylation sites (N-methyl/N-ethyl adjacent to an activating group) is 1. The highest BCUT2D eigenvalue weighted by atomic mass is 16.3. The van der Waals surface area contributed by atoms with Crippen molar-refractivity contribution in [2.75, 3.05) is 19.6 Å². The highest BCUT2D eigenvalue weighted by Gasteiger charge is 2.22. The third kappa shape index (κ3) is 4.50. The van der Waals surface area contributed by atoms with Crippen molar-refractivity contribution in [1.29, 1.82) is 0 Å². The molecule has 3 nitrogen and oxygen atoms in total. The van der Waals surface area contributed by atoms with Gasteiger partial charge in [-0.2, -0.15) is 0 Å². The molecule has 2 unspecified atom stereocenters. The van der Waals surface area contributed by atoms with Crippen molar-refractivity contribution in [2.45, 2.75) is 51.6 Å². The van der Waals surface area contributed by atoms with Crippen LogP contribution in [0.15, 0.2) is 24.3 Å². The molecule has 0 saturated carbocycles. The lowest BCUT2D eigenvalue weighted by Gasteiger charge is -2.25. The van der Waals surface area contributed by atoms with Crippen LogP contribution >= 0.6 is 0 Å². The maximum Gasteiger partial charge on any atom is 0.115 e. The summed E-state index contributed by atoms with van der Waals surface area (Å²) in [5.41, 5.74) is 1.30. The molecule has 2 rings (SSSR count). The summed E-state index contributed by atoms with van der Waals surface area (Å²) in [6.45, 7) is 8.09. The molecule has 2 atom stereocenters. The van der Waals surface area contributed by atoms with Crippen LogP contribution in [0.4, 0.5) is 0 Å². The predicted molar refractivity (Wildman–Crippen MR) is 84.2 cm³/mol. The molecule has 20 heavy (non-hydrogen) atoms. The minimum Gasteiger partial charge on any atom is -0.508 e. The average molecular weight is 276 g/mol. The second kappa shape index (κ2) is 7.65. The first-order valence-corrected chi connectivity index (χ1v) is 7.94. The molecule has 0 amide bonds. The van der Waals surface area contributed by atoms with Gasteiger partial charge in [-0.15, -0.1) is 0 Å².